The molecule has 0 saturated heterocycles. The molecule has 4 atom stereocenters. The van der Waals surface area contributed by atoms with Gasteiger partial charge in [0.25, 0.3) is 0 Å². The highest BCUT2D eigenvalue weighted by Gasteiger charge is 2.49. The number of esters is 1. The summed E-state index contributed by atoms with van der Waals surface area (Å²) >= 11 is 0. The lowest BCUT2D eigenvalue weighted by molar-refractivity contribution is -0.147. The minimum atomic E-state index is -0.102. The Bertz CT molecular complexity index is 208. The van der Waals surface area contributed by atoms with Gasteiger partial charge < -0.3 is 10.5 Å². The molecule has 2 aliphatic rings. The maximum absolute atomic E-state index is 11.3. The molecule has 2 rings (SSSR count). The van der Waals surface area contributed by atoms with Crippen molar-refractivity contribution < 1.29 is 9.53 Å². The van der Waals surface area contributed by atoms with Gasteiger partial charge in [0.2, 0.25) is 0 Å². The maximum atomic E-state index is 11.3. The van der Waals surface area contributed by atoms with E-state index in [1.165, 1.54) is 13.5 Å². The number of methoxy groups -OCH3 is 1. The fourth-order valence-corrected chi connectivity index (χ4v) is 2.82. The Hall–Kier alpha value is -0.280. The average Bonchev–Trinajstić information content (AvgIpc) is 2.63. The van der Waals surface area contributed by atoms with Crippen LogP contribution in [0.15, 0.2) is 0 Å². The number of nitrogens with two attached hydrogens (primary N) is 1. The molecule has 0 aromatic carbocycles. The van der Waals surface area contributed by atoms with Crippen molar-refractivity contribution in [1.29, 1.82) is 0 Å². The fraction of sp³-hybridized carbons (Fsp3) is 0.889. The van der Waals surface area contributed by atoms with Gasteiger partial charge in [0.1, 0.15) is 0 Å². The Morgan fingerprint density at radius 1 is 1.38 bits per heavy atom. The Morgan fingerprint density at radius 3 is 2.46 bits per heavy atom. The summed E-state index contributed by atoms with van der Waals surface area (Å²) in [5.41, 5.74) is 5.94. The van der Waals surface area contributed by atoms with Gasteiger partial charge >= 0.3 is 5.97 Å². The third-order valence-corrected chi connectivity index (χ3v) is 3.45. The van der Waals surface area contributed by atoms with Gasteiger partial charge in [0.15, 0.2) is 0 Å². The lowest BCUT2D eigenvalue weighted by Crippen LogP contribution is -2.40. The molecule has 0 aromatic rings. The number of ether oxygens (including phenoxy) is 1. The van der Waals surface area contributed by atoms with Crippen LogP contribution >= 0.6 is 12.4 Å². The number of hydrogen-bond acceptors (Lipinski definition) is 3. The molecule has 2 aliphatic carbocycles. The van der Waals surface area contributed by atoms with Crippen molar-refractivity contribution in [2.75, 3.05) is 7.11 Å². The van der Waals surface area contributed by atoms with Crippen LogP contribution in [0.2, 0.25) is 0 Å². The van der Waals surface area contributed by atoms with Crippen molar-refractivity contribution in [2.24, 2.45) is 23.5 Å². The van der Waals surface area contributed by atoms with E-state index in [-0.39, 0.29) is 30.3 Å². The van der Waals surface area contributed by atoms with Crippen LogP contribution < -0.4 is 5.73 Å². The second kappa shape index (κ2) is 3.84. The number of fused-ring (bicyclic) bond motifs is 2. The summed E-state index contributed by atoms with van der Waals surface area (Å²) in [6.45, 7) is 0. The molecule has 3 nitrogen and oxygen atoms in total. The molecule has 2 saturated carbocycles. The molecule has 4 heteroatoms. The molecule has 0 unspecified atom stereocenters. The topological polar surface area (TPSA) is 52.3 Å². The minimum Gasteiger partial charge on any atom is -0.469 e. The molecule has 13 heavy (non-hydrogen) atoms. The smallest absolute Gasteiger partial charge is 0.310 e. The molecule has 0 spiro atoms. The molecule has 2 N–H and O–H groups in total. The minimum absolute atomic E-state index is 0. The van der Waals surface area contributed by atoms with Crippen molar-refractivity contribution in [3.8, 4) is 0 Å². The zero-order valence-corrected chi connectivity index (χ0v) is 8.55. The van der Waals surface area contributed by atoms with E-state index in [1.807, 2.05) is 0 Å². The normalized spacial score (nSPS) is 41.4. The van der Waals surface area contributed by atoms with Gasteiger partial charge in [0, 0.05) is 6.04 Å². The van der Waals surface area contributed by atoms with Gasteiger partial charge in [-0.1, -0.05) is 0 Å². The monoisotopic (exact) mass is 205 g/mol. The summed E-state index contributed by atoms with van der Waals surface area (Å²) in [5.74, 6) is 0.986. The first-order valence-corrected chi connectivity index (χ1v) is 4.57. The maximum Gasteiger partial charge on any atom is 0.310 e. The summed E-state index contributed by atoms with van der Waals surface area (Å²) in [5, 5.41) is 0. The molecule has 2 bridgehead atoms. The van der Waals surface area contributed by atoms with E-state index in [0.29, 0.717) is 11.8 Å². The Morgan fingerprint density at radius 2 is 2.00 bits per heavy atom. The second-order valence-electron chi connectivity index (χ2n) is 3.96. The summed E-state index contributed by atoms with van der Waals surface area (Å²) in [6, 6.07) is 0.0659. The second-order valence-corrected chi connectivity index (χ2v) is 3.96. The van der Waals surface area contributed by atoms with E-state index in [9.17, 15) is 4.79 Å². The quantitative estimate of drug-likeness (QED) is 0.649. The van der Waals surface area contributed by atoms with Crippen LogP contribution in [0.4, 0.5) is 0 Å². The molecule has 0 aromatic heterocycles. The van der Waals surface area contributed by atoms with Crippen molar-refractivity contribution in [3.05, 3.63) is 0 Å². The number of rotatable bonds is 1. The van der Waals surface area contributed by atoms with Gasteiger partial charge in [-0.2, -0.15) is 0 Å². The number of halogens is 1. The number of hydrogen-bond donors (Lipinski definition) is 1. The van der Waals surface area contributed by atoms with Crippen LogP contribution in [0.1, 0.15) is 19.3 Å². The summed E-state index contributed by atoms with van der Waals surface area (Å²) in [7, 11) is 1.45. The van der Waals surface area contributed by atoms with E-state index in [1.54, 1.807) is 0 Å². The van der Waals surface area contributed by atoms with E-state index in [4.69, 9.17) is 10.5 Å². The first-order valence-electron chi connectivity index (χ1n) is 4.57. The molecule has 0 heterocycles. The summed E-state index contributed by atoms with van der Waals surface area (Å²) in [6.07, 6.45) is 3.51. The SMILES string of the molecule is COC(=O)[C@H]1[C@@H]2CC[C@@H](C2)[C@H]1N.Cl. The van der Waals surface area contributed by atoms with Crippen LogP contribution in [-0.2, 0) is 9.53 Å². The van der Waals surface area contributed by atoms with E-state index in [0.717, 1.165) is 12.8 Å². The third-order valence-electron chi connectivity index (χ3n) is 3.45. The standard InChI is InChI=1S/C9H15NO2.ClH/c1-12-9(11)7-5-2-3-6(4-5)8(7)10;/h5-8H,2-4,10H2,1H3;1H/t5-,6+,7+,8-;/m1./s1. The van der Waals surface area contributed by atoms with Gasteiger partial charge in [-0.25, -0.2) is 0 Å². The van der Waals surface area contributed by atoms with E-state index < -0.39 is 0 Å². The fourth-order valence-electron chi connectivity index (χ4n) is 2.82. The van der Waals surface area contributed by atoms with Crippen molar-refractivity contribution in [3.63, 3.8) is 0 Å². The van der Waals surface area contributed by atoms with Crippen molar-refractivity contribution in [2.45, 2.75) is 25.3 Å². The van der Waals surface area contributed by atoms with Gasteiger partial charge in [-0.3, -0.25) is 4.79 Å². The number of carbonyl (C=O) groups excluding carboxylic acids is 1. The zero-order chi connectivity index (χ0) is 8.72. The molecular formula is C9H16ClNO2. The van der Waals surface area contributed by atoms with Gasteiger partial charge in [0.05, 0.1) is 13.0 Å². The van der Waals surface area contributed by atoms with Crippen LogP contribution in [-0.4, -0.2) is 19.1 Å². The lowest BCUT2D eigenvalue weighted by Gasteiger charge is -2.25. The Labute approximate surface area is 84.4 Å². The molecule has 2 fully saturated rings. The number of carbonyl (C=O) groups is 1. The third kappa shape index (κ3) is 1.55. The highest BCUT2D eigenvalue weighted by atomic mass is 35.5. The van der Waals surface area contributed by atoms with E-state index in [2.05, 4.69) is 0 Å². The van der Waals surface area contributed by atoms with Crippen LogP contribution in [0.25, 0.3) is 0 Å². The zero-order valence-electron chi connectivity index (χ0n) is 7.73. The summed E-state index contributed by atoms with van der Waals surface area (Å²) in [4.78, 5) is 11.3. The predicted molar refractivity (Wildman–Crippen MR) is 51.6 cm³/mol. The first-order chi connectivity index (χ1) is 5.74. The Kier molecular flexibility index (Phi) is 3.19. The van der Waals surface area contributed by atoms with Crippen LogP contribution in [0, 0.1) is 17.8 Å². The van der Waals surface area contributed by atoms with Gasteiger partial charge in [-0.15, -0.1) is 12.4 Å². The average molecular weight is 206 g/mol. The van der Waals surface area contributed by atoms with Crippen LogP contribution in [0.3, 0.4) is 0 Å². The lowest BCUT2D eigenvalue weighted by atomic mass is 9.85. The molecule has 0 aliphatic heterocycles. The molecule has 76 valence electrons. The van der Waals surface area contributed by atoms with E-state index >= 15 is 0 Å². The van der Waals surface area contributed by atoms with Crippen molar-refractivity contribution >= 4 is 18.4 Å². The highest BCUT2D eigenvalue weighted by molar-refractivity contribution is 5.85. The Balaban J connectivity index is 0.000000845. The summed E-state index contributed by atoms with van der Waals surface area (Å²) < 4.78 is 4.74. The van der Waals surface area contributed by atoms with Crippen LogP contribution in [0.5, 0.6) is 0 Å². The van der Waals surface area contributed by atoms with Crippen molar-refractivity contribution in [1.82, 2.24) is 0 Å². The molecular weight excluding hydrogens is 190 g/mol. The highest BCUT2D eigenvalue weighted by Crippen LogP contribution is 2.47. The largest absolute Gasteiger partial charge is 0.469 e. The van der Waals surface area contributed by atoms with Gasteiger partial charge in [-0.05, 0) is 31.1 Å². The molecule has 0 amide bonds. The molecule has 0 radical (unpaired) electrons. The predicted octanol–water partition coefficient (Wildman–Crippen LogP) is 0.955. The first kappa shape index (κ1) is 10.8.